The minimum Gasteiger partial charge on any atom is -0.350 e. The Morgan fingerprint density at radius 1 is 1.07 bits per heavy atom. The van der Waals surface area contributed by atoms with Gasteiger partial charge in [0.1, 0.15) is 0 Å². The SMILES string of the molecule is CCN(CC(=O)NCc1ccc(Cl)cc1)C(=O)C(C)NS(=O)(=O)c1ccccc1. The van der Waals surface area contributed by atoms with Gasteiger partial charge in [0.05, 0.1) is 17.5 Å². The van der Waals surface area contributed by atoms with Crippen molar-refractivity contribution in [2.75, 3.05) is 13.1 Å². The third-order valence-corrected chi connectivity index (χ3v) is 6.00. The Balaban J connectivity index is 1.92. The summed E-state index contributed by atoms with van der Waals surface area (Å²) in [5.41, 5.74) is 0.876. The Labute approximate surface area is 176 Å². The summed E-state index contributed by atoms with van der Waals surface area (Å²) < 4.78 is 27.1. The molecule has 0 bridgehead atoms. The van der Waals surface area contributed by atoms with Crippen molar-refractivity contribution < 1.29 is 18.0 Å². The average Bonchev–Trinajstić information content (AvgIpc) is 2.71. The summed E-state index contributed by atoms with van der Waals surface area (Å²) in [4.78, 5) is 26.2. The molecule has 0 radical (unpaired) electrons. The van der Waals surface area contributed by atoms with Gasteiger partial charge in [0, 0.05) is 18.1 Å². The highest BCUT2D eigenvalue weighted by molar-refractivity contribution is 7.89. The van der Waals surface area contributed by atoms with E-state index in [9.17, 15) is 18.0 Å². The highest BCUT2D eigenvalue weighted by atomic mass is 35.5. The molecule has 1 unspecified atom stereocenters. The zero-order chi connectivity index (χ0) is 21.4. The molecule has 2 rings (SSSR count). The number of sulfonamides is 1. The highest BCUT2D eigenvalue weighted by Crippen LogP contribution is 2.10. The molecule has 0 heterocycles. The normalized spacial score (nSPS) is 12.2. The second kappa shape index (κ2) is 10.4. The van der Waals surface area contributed by atoms with Gasteiger partial charge in [-0.1, -0.05) is 41.9 Å². The first kappa shape index (κ1) is 22.9. The molecule has 0 saturated carbocycles. The molecule has 0 fully saturated rings. The van der Waals surface area contributed by atoms with Gasteiger partial charge >= 0.3 is 0 Å². The molecule has 2 N–H and O–H groups in total. The number of hydrogen-bond acceptors (Lipinski definition) is 4. The fourth-order valence-electron chi connectivity index (χ4n) is 2.60. The fourth-order valence-corrected chi connectivity index (χ4v) is 3.95. The van der Waals surface area contributed by atoms with Gasteiger partial charge in [-0.05, 0) is 43.7 Å². The molecule has 9 heteroatoms. The molecule has 29 heavy (non-hydrogen) atoms. The molecular formula is C20H24ClN3O4S. The first-order chi connectivity index (χ1) is 13.7. The molecule has 2 aromatic rings. The van der Waals surface area contributed by atoms with Gasteiger partial charge in [-0.3, -0.25) is 9.59 Å². The first-order valence-electron chi connectivity index (χ1n) is 9.10. The van der Waals surface area contributed by atoms with E-state index in [1.54, 1.807) is 49.4 Å². The average molecular weight is 438 g/mol. The maximum Gasteiger partial charge on any atom is 0.241 e. The van der Waals surface area contributed by atoms with Crippen LogP contribution in [0.4, 0.5) is 0 Å². The standard InChI is InChI=1S/C20H24ClN3O4S/c1-3-24(14-19(25)22-13-16-9-11-17(21)12-10-16)20(26)15(2)23-29(27,28)18-7-5-4-6-8-18/h4-12,15,23H,3,13-14H2,1-2H3,(H,22,25). The molecule has 0 aliphatic heterocycles. The van der Waals surface area contributed by atoms with Crippen molar-refractivity contribution in [3.8, 4) is 0 Å². The Morgan fingerprint density at radius 2 is 1.69 bits per heavy atom. The van der Waals surface area contributed by atoms with Crippen LogP contribution in [-0.4, -0.2) is 44.3 Å². The van der Waals surface area contributed by atoms with Crippen LogP contribution < -0.4 is 10.0 Å². The van der Waals surface area contributed by atoms with Crippen LogP contribution in [0.5, 0.6) is 0 Å². The molecule has 0 saturated heterocycles. The molecule has 0 aliphatic carbocycles. The summed E-state index contributed by atoms with van der Waals surface area (Å²) in [5.74, 6) is -0.818. The fraction of sp³-hybridized carbons (Fsp3) is 0.300. The molecular weight excluding hydrogens is 414 g/mol. The number of hydrogen-bond donors (Lipinski definition) is 2. The van der Waals surface area contributed by atoms with Crippen LogP contribution in [0.25, 0.3) is 0 Å². The number of amides is 2. The lowest BCUT2D eigenvalue weighted by atomic mass is 10.2. The van der Waals surface area contributed by atoms with Gasteiger partial charge in [0.25, 0.3) is 0 Å². The van der Waals surface area contributed by atoms with Crippen molar-refractivity contribution in [1.29, 1.82) is 0 Å². The van der Waals surface area contributed by atoms with Crippen LogP contribution in [0.3, 0.4) is 0 Å². The summed E-state index contributed by atoms with van der Waals surface area (Å²) in [7, 11) is -3.83. The topological polar surface area (TPSA) is 95.6 Å². The molecule has 2 aromatic carbocycles. The third-order valence-electron chi connectivity index (χ3n) is 4.19. The molecule has 7 nitrogen and oxygen atoms in total. The molecule has 0 aliphatic rings. The number of rotatable bonds is 9. The number of carbonyl (C=O) groups is 2. The van der Waals surface area contributed by atoms with E-state index in [2.05, 4.69) is 10.0 Å². The number of benzene rings is 2. The van der Waals surface area contributed by atoms with Crippen LogP contribution in [0, 0.1) is 0 Å². The number of halogens is 1. The first-order valence-corrected chi connectivity index (χ1v) is 11.0. The quantitative estimate of drug-likeness (QED) is 0.628. The summed E-state index contributed by atoms with van der Waals surface area (Å²) in [6.45, 7) is 3.59. The van der Waals surface area contributed by atoms with E-state index >= 15 is 0 Å². The lowest BCUT2D eigenvalue weighted by Crippen LogP contribution is -2.49. The zero-order valence-electron chi connectivity index (χ0n) is 16.3. The van der Waals surface area contributed by atoms with Gasteiger partial charge < -0.3 is 10.2 Å². The van der Waals surface area contributed by atoms with Crippen molar-refractivity contribution in [3.63, 3.8) is 0 Å². The smallest absolute Gasteiger partial charge is 0.241 e. The van der Waals surface area contributed by atoms with E-state index in [1.165, 1.54) is 24.0 Å². The van der Waals surface area contributed by atoms with Crippen molar-refractivity contribution in [3.05, 3.63) is 65.2 Å². The van der Waals surface area contributed by atoms with Gasteiger partial charge in [0.15, 0.2) is 0 Å². The molecule has 156 valence electrons. The monoisotopic (exact) mass is 437 g/mol. The van der Waals surface area contributed by atoms with Gasteiger partial charge in [-0.25, -0.2) is 8.42 Å². The van der Waals surface area contributed by atoms with Crippen LogP contribution in [0.1, 0.15) is 19.4 Å². The minimum absolute atomic E-state index is 0.0726. The van der Waals surface area contributed by atoms with Crippen LogP contribution >= 0.6 is 11.6 Å². The Morgan fingerprint density at radius 3 is 2.28 bits per heavy atom. The summed E-state index contributed by atoms with van der Waals surface area (Å²) >= 11 is 5.83. The van der Waals surface area contributed by atoms with E-state index in [-0.39, 0.29) is 23.9 Å². The highest BCUT2D eigenvalue weighted by Gasteiger charge is 2.26. The van der Waals surface area contributed by atoms with Crippen molar-refractivity contribution in [2.45, 2.75) is 31.3 Å². The molecule has 0 aromatic heterocycles. The van der Waals surface area contributed by atoms with Gasteiger partial charge in [-0.2, -0.15) is 4.72 Å². The van der Waals surface area contributed by atoms with Crippen LogP contribution in [0.2, 0.25) is 5.02 Å². The summed E-state index contributed by atoms with van der Waals surface area (Å²) in [5, 5.41) is 3.34. The van der Waals surface area contributed by atoms with E-state index in [0.717, 1.165) is 5.56 Å². The lowest BCUT2D eigenvalue weighted by Gasteiger charge is -2.24. The van der Waals surface area contributed by atoms with E-state index in [1.807, 2.05) is 0 Å². The number of likely N-dealkylation sites (N-methyl/N-ethyl adjacent to an activating group) is 1. The van der Waals surface area contributed by atoms with E-state index < -0.39 is 22.0 Å². The Bertz CT molecular complexity index is 934. The largest absolute Gasteiger partial charge is 0.350 e. The van der Waals surface area contributed by atoms with E-state index in [4.69, 9.17) is 11.6 Å². The third kappa shape index (κ3) is 6.85. The molecule has 2 amide bonds. The Hall–Kier alpha value is -2.42. The van der Waals surface area contributed by atoms with Crippen molar-refractivity contribution >= 4 is 33.4 Å². The van der Waals surface area contributed by atoms with Gasteiger partial charge in [-0.15, -0.1) is 0 Å². The predicted molar refractivity (Wildman–Crippen MR) is 112 cm³/mol. The van der Waals surface area contributed by atoms with Crippen LogP contribution in [-0.2, 0) is 26.2 Å². The minimum atomic E-state index is -3.83. The van der Waals surface area contributed by atoms with Crippen LogP contribution in [0.15, 0.2) is 59.5 Å². The summed E-state index contributed by atoms with van der Waals surface area (Å²) in [6, 6.07) is 13.8. The maximum absolute atomic E-state index is 12.6. The summed E-state index contributed by atoms with van der Waals surface area (Å²) in [6.07, 6.45) is 0. The second-order valence-electron chi connectivity index (χ2n) is 6.41. The second-order valence-corrected chi connectivity index (χ2v) is 8.56. The number of nitrogens with zero attached hydrogens (tertiary/aromatic N) is 1. The van der Waals surface area contributed by atoms with Gasteiger partial charge in [0.2, 0.25) is 21.8 Å². The molecule has 1 atom stereocenters. The predicted octanol–water partition coefficient (Wildman–Crippen LogP) is 2.17. The zero-order valence-corrected chi connectivity index (χ0v) is 17.8. The van der Waals surface area contributed by atoms with E-state index in [0.29, 0.717) is 11.6 Å². The number of nitrogens with one attached hydrogen (secondary N) is 2. The number of carbonyl (C=O) groups excluding carboxylic acids is 2. The Kier molecular flexibility index (Phi) is 8.19. The molecule has 0 spiro atoms. The maximum atomic E-state index is 12.6. The lowest BCUT2D eigenvalue weighted by molar-refractivity contribution is -0.136. The van der Waals surface area contributed by atoms with Crippen molar-refractivity contribution in [2.24, 2.45) is 0 Å². The van der Waals surface area contributed by atoms with Crippen molar-refractivity contribution in [1.82, 2.24) is 14.9 Å².